The molecule has 1 heterocycles. The molecule has 0 fully saturated rings. The average molecular weight is 439 g/mol. The van der Waals surface area contributed by atoms with Gasteiger partial charge in [-0.05, 0) is 37.3 Å². The summed E-state index contributed by atoms with van der Waals surface area (Å²) >= 11 is 11.9. The van der Waals surface area contributed by atoms with Gasteiger partial charge in [0.05, 0.1) is 11.6 Å². The first-order chi connectivity index (χ1) is 14.0. The minimum atomic E-state index is -0.337. The number of carbonyl (C=O) groups is 2. The highest BCUT2D eigenvalue weighted by atomic mass is 35.5. The predicted molar refractivity (Wildman–Crippen MR) is 110 cm³/mol. The van der Waals surface area contributed by atoms with E-state index < -0.39 is 0 Å². The number of nitrogens with one attached hydrogen (secondary N) is 1. The van der Waals surface area contributed by atoms with Gasteiger partial charge in [0.2, 0.25) is 5.91 Å². The summed E-state index contributed by atoms with van der Waals surface area (Å²) in [4.78, 5) is 26.2. The summed E-state index contributed by atoms with van der Waals surface area (Å²) in [6.07, 6.45) is 0. The van der Waals surface area contributed by atoms with Crippen LogP contribution in [-0.4, -0.2) is 49.6 Å². The molecule has 2 aromatic carbocycles. The lowest BCUT2D eigenvalue weighted by atomic mass is 10.2. The van der Waals surface area contributed by atoms with Gasteiger partial charge in [0.25, 0.3) is 5.91 Å². The first kappa shape index (κ1) is 21.1. The Kier molecular flexibility index (Phi) is 7.06. The van der Waals surface area contributed by atoms with E-state index in [4.69, 9.17) is 37.4 Å². The number of nitrogens with zero attached hydrogens (tertiary/aromatic N) is 1. The van der Waals surface area contributed by atoms with E-state index >= 15 is 0 Å². The zero-order valence-electron chi connectivity index (χ0n) is 15.7. The Morgan fingerprint density at radius 3 is 2.59 bits per heavy atom. The molecule has 1 aliphatic rings. The van der Waals surface area contributed by atoms with Gasteiger partial charge in [0, 0.05) is 23.3 Å². The Hall–Kier alpha value is -2.64. The summed E-state index contributed by atoms with van der Waals surface area (Å²) in [7, 11) is 0. The Labute approximate surface area is 178 Å². The van der Waals surface area contributed by atoms with Crippen molar-refractivity contribution in [2.75, 3.05) is 38.2 Å². The van der Waals surface area contributed by atoms with Gasteiger partial charge in [-0.3, -0.25) is 9.59 Å². The van der Waals surface area contributed by atoms with Crippen molar-refractivity contribution in [2.45, 2.75) is 6.92 Å². The van der Waals surface area contributed by atoms with E-state index in [1.807, 2.05) is 0 Å². The van der Waals surface area contributed by atoms with Crippen molar-refractivity contribution in [1.82, 2.24) is 4.90 Å². The van der Waals surface area contributed by atoms with Gasteiger partial charge < -0.3 is 24.4 Å². The molecule has 29 heavy (non-hydrogen) atoms. The second kappa shape index (κ2) is 9.71. The third kappa shape index (κ3) is 5.68. The van der Waals surface area contributed by atoms with Crippen molar-refractivity contribution in [3.8, 4) is 17.2 Å². The summed E-state index contributed by atoms with van der Waals surface area (Å²) < 4.78 is 16.4. The van der Waals surface area contributed by atoms with Gasteiger partial charge in [0.15, 0.2) is 18.1 Å². The van der Waals surface area contributed by atoms with Gasteiger partial charge >= 0.3 is 0 Å². The normalized spacial score (nSPS) is 12.2. The zero-order valence-corrected chi connectivity index (χ0v) is 17.3. The van der Waals surface area contributed by atoms with E-state index in [9.17, 15) is 9.59 Å². The molecule has 0 spiro atoms. The van der Waals surface area contributed by atoms with Crippen molar-refractivity contribution in [2.24, 2.45) is 0 Å². The molecular weight excluding hydrogens is 419 g/mol. The largest absolute Gasteiger partial charge is 0.486 e. The van der Waals surface area contributed by atoms with Crippen LogP contribution in [0.3, 0.4) is 0 Å². The summed E-state index contributed by atoms with van der Waals surface area (Å²) in [5, 5.41) is 3.54. The lowest BCUT2D eigenvalue weighted by molar-refractivity contribution is -0.136. The van der Waals surface area contributed by atoms with E-state index in [0.29, 0.717) is 52.7 Å². The highest BCUT2D eigenvalue weighted by Gasteiger charge is 2.18. The second-order valence-electron chi connectivity index (χ2n) is 6.18. The van der Waals surface area contributed by atoms with Crippen LogP contribution in [-0.2, 0) is 9.59 Å². The number of hydrogen-bond acceptors (Lipinski definition) is 5. The van der Waals surface area contributed by atoms with Crippen LogP contribution >= 0.6 is 23.2 Å². The Bertz CT molecular complexity index is 906. The molecule has 7 nitrogen and oxygen atoms in total. The maximum absolute atomic E-state index is 12.4. The third-order valence-electron chi connectivity index (χ3n) is 4.14. The number of halogens is 2. The van der Waals surface area contributed by atoms with Crippen molar-refractivity contribution < 1.29 is 23.8 Å². The molecule has 0 saturated heterocycles. The second-order valence-corrected chi connectivity index (χ2v) is 7.02. The molecule has 0 saturated carbocycles. The van der Waals surface area contributed by atoms with Crippen LogP contribution in [0.15, 0.2) is 36.4 Å². The summed E-state index contributed by atoms with van der Waals surface area (Å²) in [6, 6.07) is 9.87. The van der Waals surface area contributed by atoms with Crippen LogP contribution in [0.1, 0.15) is 6.92 Å². The number of ether oxygens (including phenoxy) is 3. The molecule has 0 radical (unpaired) electrons. The van der Waals surface area contributed by atoms with Crippen molar-refractivity contribution in [3.05, 3.63) is 46.4 Å². The molecule has 3 rings (SSSR count). The van der Waals surface area contributed by atoms with Gasteiger partial charge in [0.1, 0.15) is 19.0 Å². The van der Waals surface area contributed by atoms with Crippen molar-refractivity contribution in [1.29, 1.82) is 0 Å². The van der Waals surface area contributed by atoms with Gasteiger partial charge in [-0.15, -0.1) is 0 Å². The van der Waals surface area contributed by atoms with E-state index in [2.05, 4.69) is 5.32 Å². The number of amides is 2. The van der Waals surface area contributed by atoms with Crippen LogP contribution in [0.2, 0.25) is 10.0 Å². The molecule has 154 valence electrons. The SMILES string of the molecule is CCN(CC(=O)Nc1ccc2c(c1)OCCO2)C(=O)COc1ccc(Cl)cc1Cl. The average Bonchev–Trinajstić information content (AvgIpc) is 2.71. The topological polar surface area (TPSA) is 77.1 Å². The van der Waals surface area contributed by atoms with Crippen LogP contribution in [0.5, 0.6) is 17.2 Å². The van der Waals surface area contributed by atoms with Gasteiger partial charge in [-0.1, -0.05) is 23.2 Å². The summed E-state index contributed by atoms with van der Waals surface area (Å²) in [5.74, 6) is 0.891. The maximum atomic E-state index is 12.4. The number of fused-ring (bicyclic) bond motifs is 1. The minimum Gasteiger partial charge on any atom is -0.486 e. The van der Waals surface area contributed by atoms with Crippen LogP contribution < -0.4 is 19.5 Å². The number of anilines is 1. The maximum Gasteiger partial charge on any atom is 0.260 e. The molecule has 0 aliphatic carbocycles. The lowest BCUT2D eigenvalue weighted by Gasteiger charge is -2.21. The van der Waals surface area contributed by atoms with E-state index in [1.54, 1.807) is 37.3 Å². The van der Waals surface area contributed by atoms with E-state index in [0.717, 1.165) is 0 Å². The number of benzene rings is 2. The standard InChI is InChI=1S/C20H20Cl2N2O5/c1-2-24(20(26)12-29-16-5-3-13(21)9-15(16)22)11-19(25)23-14-4-6-17-18(10-14)28-8-7-27-17/h3-6,9-10H,2,7-8,11-12H2,1H3,(H,23,25). The highest BCUT2D eigenvalue weighted by Crippen LogP contribution is 2.32. The quantitative estimate of drug-likeness (QED) is 0.713. The Balaban J connectivity index is 1.54. The summed E-state index contributed by atoms with van der Waals surface area (Å²) in [6.45, 7) is 2.74. The van der Waals surface area contributed by atoms with Crippen molar-refractivity contribution in [3.63, 3.8) is 0 Å². The first-order valence-electron chi connectivity index (χ1n) is 9.01. The molecule has 1 N–H and O–H groups in total. The zero-order chi connectivity index (χ0) is 20.8. The smallest absolute Gasteiger partial charge is 0.260 e. The molecule has 0 aromatic heterocycles. The van der Waals surface area contributed by atoms with Gasteiger partial charge in [-0.2, -0.15) is 0 Å². The Morgan fingerprint density at radius 1 is 1.10 bits per heavy atom. The van der Waals surface area contributed by atoms with Crippen LogP contribution in [0.25, 0.3) is 0 Å². The molecule has 2 aromatic rings. The molecule has 0 bridgehead atoms. The lowest BCUT2D eigenvalue weighted by Crippen LogP contribution is -2.40. The molecular formula is C20H20Cl2N2O5. The fourth-order valence-electron chi connectivity index (χ4n) is 2.69. The van der Waals surface area contributed by atoms with Gasteiger partial charge in [-0.25, -0.2) is 0 Å². The molecule has 0 atom stereocenters. The fraction of sp³-hybridized carbons (Fsp3) is 0.300. The number of likely N-dealkylation sites (N-methyl/N-ethyl adjacent to an activating group) is 1. The van der Waals surface area contributed by atoms with Crippen LogP contribution in [0.4, 0.5) is 5.69 Å². The van der Waals surface area contributed by atoms with Crippen molar-refractivity contribution >= 4 is 40.7 Å². The van der Waals surface area contributed by atoms with Crippen LogP contribution in [0, 0.1) is 0 Å². The minimum absolute atomic E-state index is 0.110. The number of carbonyl (C=O) groups excluding carboxylic acids is 2. The molecule has 0 unspecified atom stereocenters. The third-order valence-corrected chi connectivity index (χ3v) is 4.67. The first-order valence-corrected chi connectivity index (χ1v) is 9.77. The fourth-order valence-corrected chi connectivity index (χ4v) is 3.16. The van der Waals surface area contributed by atoms with E-state index in [1.165, 1.54) is 11.0 Å². The number of rotatable bonds is 7. The molecule has 9 heteroatoms. The Morgan fingerprint density at radius 2 is 1.86 bits per heavy atom. The predicted octanol–water partition coefficient (Wildman–Crippen LogP) is 3.63. The van der Waals surface area contributed by atoms with E-state index in [-0.39, 0.29) is 25.0 Å². The molecule has 1 aliphatic heterocycles. The monoisotopic (exact) mass is 438 g/mol. The number of hydrogen-bond donors (Lipinski definition) is 1. The summed E-state index contributed by atoms with van der Waals surface area (Å²) in [5.41, 5.74) is 0.562. The highest BCUT2D eigenvalue weighted by molar-refractivity contribution is 6.35. The molecule has 2 amide bonds.